The zero-order valence-corrected chi connectivity index (χ0v) is 23.5. The van der Waals surface area contributed by atoms with Crippen molar-refractivity contribution in [2.45, 2.75) is 43.8 Å². The Morgan fingerprint density at radius 2 is 2.24 bits per heavy atom. The number of hydrogen-bond donors (Lipinski definition) is 3. The standard InChI is InChI=1S/C25H27ClF3N7O4S/c1-25(5-7-36(34-25)22(28)29)18-17(12-35-11-14(40-24(35)38)10-31-23(37)39-2)32-20(21-30-6-8-41-21)33-19(18)15-4-3-13(27)9-16(15)26/h3-8,13-14,19,22,34H,9-12H2,1-2H3,(H,31,37)(H,32,33)/t13?,14-,19-,25?/m0/s1. The van der Waals surface area contributed by atoms with Crippen LogP contribution in [0.15, 0.2) is 62.9 Å². The first-order valence-corrected chi connectivity index (χ1v) is 13.8. The molecule has 1 saturated heterocycles. The van der Waals surface area contributed by atoms with E-state index >= 15 is 0 Å². The van der Waals surface area contributed by atoms with Crippen molar-refractivity contribution in [3.05, 3.63) is 62.9 Å². The molecule has 4 atom stereocenters. The Labute approximate surface area is 242 Å². The Morgan fingerprint density at radius 3 is 2.90 bits per heavy atom. The van der Waals surface area contributed by atoms with Crippen molar-refractivity contribution < 1.29 is 32.2 Å². The molecule has 0 bridgehead atoms. The number of nitrogens with zero attached hydrogens (tertiary/aromatic N) is 4. The number of hydrazine groups is 1. The summed E-state index contributed by atoms with van der Waals surface area (Å²) in [5.74, 6) is 0.379. The summed E-state index contributed by atoms with van der Waals surface area (Å²) >= 11 is 7.90. The molecule has 1 aliphatic carbocycles. The molecule has 1 fully saturated rings. The third-order valence-corrected chi connectivity index (χ3v) is 8.04. The van der Waals surface area contributed by atoms with Crippen LogP contribution < -0.4 is 16.1 Å². The third-order valence-electron chi connectivity index (χ3n) is 6.89. The number of amidine groups is 1. The van der Waals surface area contributed by atoms with Crippen LogP contribution in [-0.4, -0.2) is 90.1 Å². The first-order chi connectivity index (χ1) is 19.6. The average molecular weight is 614 g/mol. The lowest BCUT2D eigenvalue weighted by Crippen LogP contribution is -2.53. The van der Waals surface area contributed by atoms with Gasteiger partial charge in [-0.1, -0.05) is 17.7 Å². The Morgan fingerprint density at radius 1 is 1.44 bits per heavy atom. The van der Waals surface area contributed by atoms with Gasteiger partial charge in [-0.2, -0.15) is 8.78 Å². The van der Waals surface area contributed by atoms with Crippen LogP contribution in [0.5, 0.6) is 0 Å². The number of alkyl carbamates (subject to hydrolysis) is 1. The van der Waals surface area contributed by atoms with E-state index in [0.29, 0.717) is 32.7 Å². The summed E-state index contributed by atoms with van der Waals surface area (Å²) in [6.07, 6.45) is 4.07. The molecule has 41 heavy (non-hydrogen) atoms. The topological polar surface area (TPSA) is 120 Å². The molecule has 3 N–H and O–H groups in total. The van der Waals surface area contributed by atoms with E-state index in [4.69, 9.17) is 21.3 Å². The minimum atomic E-state index is -2.83. The van der Waals surface area contributed by atoms with Gasteiger partial charge in [-0.25, -0.2) is 24.4 Å². The van der Waals surface area contributed by atoms with Crippen LogP contribution in [0.3, 0.4) is 0 Å². The lowest BCUT2D eigenvalue weighted by atomic mass is 9.80. The summed E-state index contributed by atoms with van der Waals surface area (Å²) in [5, 5.41) is 9.00. The smallest absolute Gasteiger partial charge is 0.410 e. The number of ether oxygens (including phenoxy) is 2. The number of halogens is 4. The van der Waals surface area contributed by atoms with Crippen LogP contribution in [-0.2, 0) is 9.47 Å². The van der Waals surface area contributed by atoms with E-state index in [-0.39, 0.29) is 31.1 Å². The lowest BCUT2D eigenvalue weighted by Gasteiger charge is -2.39. The highest BCUT2D eigenvalue weighted by Gasteiger charge is 2.45. The van der Waals surface area contributed by atoms with Crippen LogP contribution in [0.4, 0.5) is 22.8 Å². The van der Waals surface area contributed by atoms with Crippen molar-refractivity contribution in [1.82, 2.24) is 31.0 Å². The van der Waals surface area contributed by atoms with Crippen molar-refractivity contribution in [3.63, 3.8) is 0 Å². The molecule has 5 rings (SSSR count). The van der Waals surface area contributed by atoms with Gasteiger partial charge >= 0.3 is 18.7 Å². The summed E-state index contributed by atoms with van der Waals surface area (Å²) in [5.41, 5.74) is 3.08. The molecule has 11 nitrogen and oxygen atoms in total. The van der Waals surface area contributed by atoms with Gasteiger partial charge < -0.3 is 20.1 Å². The fourth-order valence-corrected chi connectivity index (χ4v) is 5.90. The Kier molecular flexibility index (Phi) is 8.29. The van der Waals surface area contributed by atoms with Gasteiger partial charge in [0.25, 0.3) is 0 Å². The van der Waals surface area contributed by atoms with Gasteiger partial charge in [0.15, 0.2) is 10.8 Å². The predicted octanol–water partition coefficient (Wildman–Crippen LogP) is 3.40. The van der Waals surface area contributed by atoms with Crippen molar-refractivity contribution in [3.8, 4) is 0 Å². The maximum Gasteiger partial charge on any atom is 0.410 e. The molecule has 1 aromatic heterocycles. The van der Waals surface area contributed by atoms with Crippen molar-refractivity contribution in [1.29, 1.82) is 0 Å². The third kappa shape index (κ3) is 6.06. The molecule has 2 unspecified atom stereocenters. The van der Waals surface area contributed by atoms with Crippen LogP contribution >= 0.6 is 22.9 Å². The molecular weight excluding hydrogens is 587 g/mol. The molecule has 220 valence electrons. The fourth-order valence-electron chi connectivity index (χ4n) is 5.00. The molecule has 0 saturated carbocycles. The molecule has 2 amide bonds. The van der Waals surface area contributed by atoms with E-state index in [1.165, 1.54) is 35.6 Å². The van der Waals surface area contributed by atoms with E-state index in [9.17, 15) is 22.8 Å². The monoisotopic (exact) mass is 613 g/mol. The minimum absolute atomic E-state index is 0.0239. The number of methoxy groups -OCH3 is 1. The second-order valence-corrected chi connectivity index (χ2v) is 11.1. The summed E-state index contributed by atoms with van der Waals surface area (Å²) in [7, 11) is 1.22. The zero-order chi connectivity index (χ0) is 29.3. The first-order valence-electron chi connectivity index (χ1n) is 12.6. The maximum atomic E-state index is 14.2. The van der Waals surface area contributed by atoms with Crippen LogP contribution in [0.1, 0.15) is 18.4 Å². The van der Waals surface area contributed by atoms with Crippen molar-refractivity contribution in [2.24, 2.45) is 4.99 Å². The van der Waals surface area contributed by atoms with Gasteiger partial charge in [0.1, 0.15) is 18.3 Å². The van der Waals surface area contributed by atoms with Crippen LogP contribution in [0.2, 0.25) is 0 Å². The number of cyclic esters (lactones) is 1. The molecule has 0 spiro atoms. The molecule has 16 heteroatoms. The predicted molar refractivity (Wildman–Crippen MR) is 145 cm³/mol. The molecule has 4 aliphatic rings. The Bertz CT molecular complexity index is 1350. The Balaban J connectivity index is 1.55. The number of aromatic nitrogens is 1. The Hall–Kier alpha value is -3.56. The number of carbonyl (C=O) groups excluding carboxylic acids is 2. The number of hydrogen-bond acceptors (Lipinski definition) is 10. The zero-order valence-electron chi connectivity index (χ0n) is 21.9. The van der Waals surface area contributed by atoms with Gasteiger partial charge in [-0.05, 0) is 24.6 Å². The maximum absolute atomic E-state index is 14.2. The van der Waals surface area contributed by atoms with Crippen molar-refractivity contribution in [2.75, 3.05) is 26.7 Å². The highest BCUT2D eigenvalue weighted by Crippen LogP contribution is 2.40. The molecule has 1 aromatic rings. The molecule has 0 radical (unpaired) electrons. The number of rotatable bonds is 8. The van der Waals surface area contributed by atoms with E-state index in [0.717, 1.165) is 0 Å². The SMILES string of the molecule is COC(=O)NC[C@H]1CN(CC2=C(C3(C)C=CN(C(F)F)N3)[C@H](C3=C(Cl)CC(F)C=C3)N=C(c3nccs3)N2)C(=O)O1. The number of allylic oxidation sites excluding steroid dienone is 2. The number of aliphatic imine (C=N–C) groups is 1. The van der Waals surface area contributed by atoms with Gasteiger partial charge in [-0.15, -0.1) is 11.3 Å². The second-order valence-electron chi connectivity index (χ2n) is 9.75. The molecule has 3 aliphatic heterocycles. The number of nitrogens with one attached hydrogen (secondary N) is 3. The lowest BCUT2D eigenvalue weighted by molar-refractivity contribution is -0.0286. The molecule has 4 heterocycles. The first kappa shape index (κ1) is 29.0. The summed E-state index contributed by atoms with van der Waals surface area (Å²) < 4.78 is 51.5. The number of alkyl halides is 3. The van der Waals surface area contributed by atoms with Crippen LogP contribution in [0.25, 0.3) is 0 Å². The largest absolute Gasteiger partial charge is 0.453 e. The van der Waals surface area contributed by atoms with E-state index in [1.807, 2.05) is 0 Å². The summed E-state index contributed by atoms with van der Waals surface area (Å²) in [4.78, 5) is 35.0. The molecular formula is C25H27ClF3N7O4S. The van der Waals surface area contributed by atoms with Crippen LogP contribution in [0, 0.1) is 0 Å². The summed E-state index contributed by atoms with van der Waals surface area (Å²) in [6.45, 7) is -0.992. The highest BCUT2D eigenvalue weighted by molar-refractivity contribution is 7.11. The highest BCUT2D eigenvalue weighted by atomic mass is 35.5. The summed E-state index contributed by atoms with van der Waals surface area (Å²) in [6, 6.07) is -0.836. The quantitative estimate of drug-likeness (QED) is 0.382. The molecule has 0 aromatic carbocycles. The fraction of sp³-hybridized carbons (Fsp3) is 0.440. The number of thiazole rings is 1. The van der Waals surface area contributed by atoms with E-state index in [1.54, 1.807) is 30.7 Å². The van der Waals surface area contributed by atoms with Gasteiger partial charge in [0, 0.05) is 40.5 Å². The van der Waals surface area contributed by atoms with Crippen molar-refractivity contribution >= 4 is 41.0 Å². The number of amides is 2. The minimum Gasteiger partial charge on any atom is -0.453 e. The van der Waals surface area contributed by atoms with Gasteiger partial charge in [0.2, 0.25) is 0 Å². The average Bonchev–Trinajstić information content (AvgIpc) is 3.68. The van der Waals surface area contributed by atoms with Gasteiger partial charge in [0.05, 0.1) is 32.3 Å². The second kappa shape index (κ2) is 11.7. The van der Waals surface area contributed by atoms with E-state index in [2.05, 4.69) is 25.8 Å². The van der Waals surface area contributed by atoms with E-state index < -0.39 is 42.6 Å². The van der Waals surface area contributed by atoms with Gasteiger partial charge in [-0.3, -0.25) is 14.9 Å². The number of carbonyl (C=O) groups is 2. The normalized spacial score (nSPS) is 27.9.